The van der Waals surface area contributed by atoms with E-state index >= 15 is 0 Å². The van der Waals surface area contributed by atoms with Crippen LogP contribution in [0.5, 0.6) is 5.75 Å². The normalized spacial score (nSPS) is 14.7. The third kappa shape index (κ3) is 3.41. The van der Waals surface area contributed by atoms with E-state index in [-0.39, 0.29) is 0 Å². The van der Waals surface area contributed by atoms with E-state index in [1.807, 2.05) is 36.4 Å². The van der Waals surface area contributed by atoms with Gasteiger partial charge in [-0.25, -0.2) is 0 Å². The molecule has 116 valence electrons. The van der Waals surface area contributed by atoms with Crippen LogP contribution in [0.15, 0.2) is 66.9 Å². The fourth-order valence-corrected chi connectivity index (χ4v) is 2.70. The van der Waals surface area contributed by atoms with Crippen molar-refractivity contribution in [2.24, 2.45) is 5.73 Å². The maximum Gasteiger partial charge on any atom is 0.137 e. The van der Waals surface area contributed by atoms with Crippen LogP contribution < -0.4 is 10.5 Å². The molecule has 0 unspecified atom stereocenters. The SMILES string of the molecule is C=C1C(Oc2ccc(C[C@H](N)C=O)cc2)=CCc2ccccc21. The molecule has 0 amide bonds. The third-order valence-corrected chi connectivity index (χ3v) is 3.94. The summed E-state index contributed by atoms with van der Waals surface area (Å²) in [5.74, 6) is 1.54. The van der Waals surface area contributed by atoms with Crippen molar-refractivity contribution >= 4 is 11.9 Å². The van der Waals surface area contributed by atoms with Gasteiger partial charge in [0.2, 0.25) is 0 Å². The summed E-state index contributed by atoms with van der Waals surface area (Å²) in [5.41, 5.74) is 9.95. The first kappa shape index (κ1) is 15.3. The Balaban J connectivity index is 1.72. The van der Waals surface area contributed by atoms with Gasteiger partial charge in [0.1, 0.15) is 17.8 Å². The number of nitrogens with two attached hydrogens (primary N) is 1. The molecule has 0 aliphatic heterocycles. The van der Waals surface area contributed by atoms with Crippen LogP contribution in [0.1, 0.15) is 16.7 Å². The zero-order chi connectivity index (χ0) is 16.2. The molecule has 1 aliphatic carbocycles. The van der Waals surface area contributed by atoms with E-state index in [2.05, 4.69) is 24.8 Å². The minimum atomic E-state index is -0.459. The van der Waals surface area contributed by atoms with Crippen LogP contribution in [-0.4, -0.2) is 12.3 Å². The fourth-order valence-electron chi connectivity index (χ4n) is 2.70. The van der Waals surface area contributed by atoms with Crippen LogP contribution in [0.2, 0.25) is 0 Å². The molecule has 0 radical (unpaired) electrons. The number of carbonyl (C=O) groups excluding carboxylic acids is 1. The zero-order valence-corrected chi connectivity index (χ0v) is 12.9. The lowest BCUT2D eigenvalue weighted by Crippen LogP contribution is -2.23. The second-order valence-corrected chi connectivity index (χ2v) is 5.66. The van der Waals surface area contributed by atoms with E-state index in [4.69, 9.17) is 10.5 Å². The lowest BCUT2D eigenvalue weighted by Gasteiger charge is -2.20. The van der Waals surface area contributed by atoms with Gasteiger partial charge in [0.25, 0.3) is 0 Å². The monoisotopic (exact) mass is 305 g/mol. The van der Waals surface area contributed by atoms with Gasteiger partial charge in [0, 0.05) is 5.57 Å². The predicted molar refractivity (Wildman–Crippen MR) is 92.1 cm³/mol. The van der Waals surface area contributed by atoms with Crippen molar-refractivity contribution in [2.75, 3.05) is 0 Å². The Labute approximate surface area is 136 Å². The number of allylic oxidation sites excluding steroid dienone is 2. The molecular weight excluding hydrogens is 286 g/mol. The molecule has 2 aromatic carbocycles. The average molecular weight is 305 g/mol. The van der Waals surface area contributed by atoms with E-state index in [1.165, 1.54) is 5.56 Å². The molecule has 0 fully saturated rings. The maximum absolute atomic E-state index is 10.6. The minimum absolute atomic E-state index is 0.459. The van der Waals surface area contributed by atoms with Crippen molar-refractivity contribution in [3.63, 3.8) is 0 Å². The van der Waals surface area contributed by atoms with Crippen molar-refractivity contribution in [2.45, 2.75) is 18.9 Å². The van der Waals surface area contributed by atoms with Gasteiger partial charge in [0.05, 0.1) is 6.04 Å². The number of aldehydes is 1. The van der Waals surface area contributed by atoms with Crippen LogP contribution in [0.4, 0.5) is 0 Å². The molecule has 1 atom stereocenters. The number of carbonyl (C=O) groups is 1. The Morgan fingerprint density at radius 2 is 1.91 bits per heavy atom. The minimum Gasteiger partial charge on any atom is -0.457 e. The molecule has 0 spiro atoms. The summed E-state index contributed by atoms with van der Waals surface area (Å²) in [6.07, 6.45) is 4.20. The highest BCUT2D eigenvalue weighted by atomic mass is 16.5. The van der Waals surface area contributed by atoms with Crippen LogP contribution in [-0.2, 0) is 17.6 Å². The third-order valence-electron chi connectivity index (χ3n) is 3.94. The first-order valence-corrected chi connectivity index (χ1v) is 7.63. The molecule has 1 aliphatic rings. The van der Waals surface area contributed by atoms with E-state index < -0.39 is 6.04 Å². The first-order valence-electron chi connectivity index (χ1n) is 7.63. The summed E-state index contributed by atoms with van der Waals surface area (Å²) in [6, 6.07) is 15.4. The molecule has 3 nitrogen and oxygen atoms in total. The van der Waals surface area contributed by atoms with Crippen LogP contribution in [0.25, 0.3) is 5.57 Å². The van der Waals surface area contributed by atoms with Gasteiger partial charge in [-0.2, -0.15) is 0 Å². The molecular formula is C20H19NO2. The smallest absolute Gasteiger partial charge is 0.137 e. The fraction of sp³-hybridized carbons (Fsp3) is 0.150. The van der Waals surface area contributed by atoms with Crippen molar-refractivity contribution in [3.05, 3.63) is 83.6 Å². The quantitative estimate of drug-likeness (QED) is 0.862. The molecule has 0 saturated carbocycles. The van der Waals surface area contributed by atoms with Gasteiger partial charge in [-0.15, -0.1) is 0 Å². The molecule has 0 bridgehead atoms. The summed E-state index contributed by atoms with van der Waals surface area (Å²) in [4.78, 5) is 10.6. The Kier molecular flexibility index (Phi) is 4.40. The Hall–Kier alpha value is -2.65. The summed E-state index contributed by atoms with van der Waals surface area (Å²) >= 11 is 0. The molecule has 0 saturated heterocycles. The molecule has 0 heterocycles. The van der Waals surface area contributed by atoms with E-state index in [0.717, 1.165) is 40.9 Å². The molecule has 2 aromatic rings. The van der Waals surface area contributed by atoms with Crippen molar-refractivity contribution in [1.29, 1.82) is 0 Å². The molecule has 2 N–H and O–H groups in total. The van der Waals surface area contributed by atoms with E-state index in [9.17, 15) is 4.79 Å². The van der Waals surface area contributed by atoms with Crippen molar-refractivity contribution < 1.29 is 9.53 Å². The lowest BCUT2D eigenvalue weighted by atomic mass is 9.92. The Morgan fingerprint density at radius 1 is 1.17 bits per heavy atom. The second-order valence-electron chi connectivity index (χ2n) is 5.66. The maximum atomic E-state index is 10.6. The van der Waals surface area contributed by atoms with E-state index in [1.54, 1.807) is 0 Å². The number of benzene rings is 2. The lowest BCUT2D eigenvalue weighted by molar-refractivity contribution is -0.108. The van der Waals surface area contributed by atoms with Gasteiger partial charge in [0.15, 0.2) is 0 Å². The van der Waals surface area contributed by atoms with E-state index in [0.29, 0.717) is 6.42 Å². The summed E-state index contributed by atoms with van der Waals surface area (Å²) < 4.78 is 5.97. The molecule has 0 aromatic heterocycles. The largest absolute Gasteiger partial charge is 0.457 e. The highest BCUT2D eigenvalue weighted by Crippen LogP contribution is 2.31. The van der Waals surface area contributed by atoms with Crippen LogP contribution in [0.3, 0.4) is 0 Å². The van der Waals surface area contributed by atoms with Crippen molar-refractivity contribution in [3.8, 4) is 5.75 Å². The second kappa shape index (κ2) is 6.63. The van der Waals surface area contributed by atoms with Gasteiger partial charge in [-0.05, 0) is 47.7 Å². The summed E-state index contributed by atoms with van der Waals surface area (Å²) in [6.45, 7) is 4.15. The molecule has 3 heteroatoms. The Morgan fingerprint density at radius 3 is 2.65 bits per heavy atom. The zero-order valence-electron chi connectivity index (χ0n) is 12.9. The van der Waals surface area contributed by atoms with Crippen molar-refractivity contribution in [1.82, 2.24) is 0 Å². The predicted octanol–water partition coefficient (Wildman–Crippen LogP) is 3.29. The topological polar surface area (TPSA) is 52.3 Å². The van der Waals surface area contributed by atoms with Gasteiger partial charge in [-0.3, -0.25) is 0 Å². The molecule has 3 rings (SSSR count). The number of hydrogen-bond donors (Lipinski definition) is 1. The number of rotatable bonds is 5. The summed E-state index contributed by atoms with van der Waals surface area (Å²) in [7, 11) is 0. The average Bonchev–Trinajstić information content (AvgIpc) is 2.59. The number of ether oxygens (including phenoxy) is 1. The van der Waals surface area contributed by atoms with Crippen LogP contribution in [0, 0.1) is 0 Å². The van der Waals surface area contributed by atoms with Gasteiger partial charge < -0.3 is 15.3 Å². The van der Waals surface area contributed by atoms with Gasteiger partial charge in [-0.1, -0.05) is 43.0 Å². The number of fused-ring (bicyclic) bond motifs is 1. The Bertz CT molecular complexity index is 759. The number of hydrogen-bond acceptors (Lipinski definition) is 3. The van der Waals surface area contributed by atoms with Crippen LogP contribution >= 0.6 is 0 Å². The molecule has 23 heavy (non-hydrogen) atoms. The first-order chi connectivity index (χ1) is 11.2. The highest BCUT2D eigenvalue weighted by molar-refractivity contribution is 5.79. The standard InChI is InChI=1S/C20H19NO2/c1-14-19-5-3-2-4-16(19)8-11-20(14)23-18-9-6-15(7-10-18)12-17(21)13-22/h2-7,9-11,13,17H,1,8,12,21H2/t17-/m0/s1. The summed E-state index contributed by atoms with van der Waals surface area (Å²) in [5, 5.41) is 0. The highest BCUT2D eigenvalue weighted by Gasteiger charge is 2.16. The van der Waals surface area contributed by atoms with Gasteiger partial charge >= 0.3 is 0 Å².